The summed E-state index contributed by atoms with van der Waals surface area (Å²) < 4.78 is 29.7. The Morgan fingerprint density at radius 3 is 2.50 bits per heavy atom. The van der Waals surface area contributed by atoms with E-state index in [1.165, 1.54) is 16.7 Å². The molecule has 5 N–H and O–H groups in total. The number of pyridine rings is 2. The summed E-state index contributed by atoms with van der Waals surface area (Å²) in [5, 5.41) is 42.4. The number of rotatable bonds is 7. The number of cyclic esters (lactones) is 1. The second-order valence-electron chi connectivity index (χ2n) is 18.8. The molecule has 3 aromatic heterocycles. The van der Waals surface area contributed by atoms with Crippen LogP contribution in [0, 0.1) is 25.1 Å². The van der Waals surface area contributed by atoms with Crippen molar-refractivity contribution in [2.45, 2.75) is 103 Å². The summed E-state index contributed by atoms with van der Waals surface area (Å²) in [6.07, 6.45) is 3.49. The number of aromatic amines is 1. The van der Waals surface area contributed by atoms with E-state index >= 15 is 4.39 Å². The highest BCUT2D eigenvalue weighted by molar-refractivity contribution is 5.93. The molecule has 340 valence electrons. The Labute approximate surface area is 376 Å². The van der Waals surface area contributed by atoms with Crippen molar-refractivity contribution >= 4 is 23.0 Å². The molecule has 66 heavy (non-hydrogen) atoms. The SMILES string of the molecule is CC[C@@]1(O)C(=O)OCc2c1cc1n(c2=O)Cc2c-1nc1cc(F)c(C)c3c1c2C(NC(=O)OC1CCC2(CC1)CN(Cc1ccc(-n4c(-c5cc(C)c(O)cc5O)n[nH]c4=O)cc1)C2)CC3. The normalized spacial score (nSPS) is 20.7. The van der Waals surface area contributed by atoms with Crippen LogP contribution in [0.1, 0.15) is 96.0 Å². The zero-order valence-corrected chi connectivity index (χ0v) is 36.7. The maximum atomic E-state index is 15.4. The van der Waals surface area contributed by atoms with E-state index in [9.17, 15) is 34.5 Å². The van der Waals surface area contributed by atoms with E-state index < -0.39 is 40.8 Å². The fourth-order valence-electron chi connectivity index (χ4n) is 11.3. The molecule has 0 radical (unpaired) electrons. The van der Waals surface area contributed by atoms with Gasteiger partial charge in [-0.1, -0.05) is 19.1 Å². The highest BCUT2D eigenvalue weighted by Gasteiger charge is 2.47. The Morgan fingerprint density at radius 2 is 1.76 bits per heavy atom. The minimum absolute atomic E-state index is 0.00323. The van der Waals surface area contributed by atoms with Crippen LogP contribution in [0.15, 0.2) is 58.1 Å². The molecular formula is C49H48FN7O9. The van der Waals surface area contributed by atoms with Crippen LogP contribution >= 0.6 is 0 Å². The van der Waals surface area contributed by atoms with Gasteiger partial charge in [0.05, 0.1) is 46.3 Å². The number of nitrogens with one attached hydrogen (secondary N) is 2. The van der Waals surface area contributed by atoms with Gasteiger partial charge in [-0.3, -0.25) is 9.69 Å². The van der Waals surface area contributed by atoms with Crippen molar-refractivity contribution in [2.75, 3.05) is 13.1 Å². The van der Waals surface area contributed by atoms with Gasteiger partial charge in [-0.05, 0) is 116 Å². The number of aromatic hydroxyl groups is 2. The molecule has 6 aromatic rings. The van der Waals surface area contributed by atoms with Crippen molar-refractivity contribution in [2.24, 2.45) is 5.41 Å². The lowest BCUT2D eigenvalue weighted by atomic mass is 9.68. The van der Waals surface area contributed by atoms with Crippen LogP contribution in [-0.2, 0) is 46.0 Å². The molecule has 2 aliphatic carbocycles. The molecule has 1 saturated carbocycles. The molecule has 1 amide bonds. The lowest BCUT2D eigenvalue weighted by Crippen LogP contribution is -2.57. The van der Waals surface area contributed by atoms with Crippen LogP contribution in [0.2, 0.25) is 0 Å². The molecule has 0 bridgehead atoms. The molecule has 3 aromatic carbocycles. The van der Waals surface area contributed by atoms with Crippen molar-refractivity contribution in [1.82, 2.24) is 34.5 Å². The number of esters is 1. The quantitative estimate of drug-likeness (QED) is 0.118. The number of fused-ring (bicyclic) bond motifs is 5. The Kier molecular flexibility index (Phi) is 9.57. The molecule has 11 rings (SSSR count). The fourth-order valence-corrected chi connectivity index (χ4v) is 11.3. The standard InChI is InChI=1S/C49H48FN7O9/c1-4-49(64)33-16-37-42-31(20-56(37)44(60)32(33)21-65-45(49)61)41-35(10-9-29-25(3)34(50)17-36(51-42)40(29)41)52-47(63)66-28-11-13-48(14-12-28)22-55(23-48)19-26-5-7-27(8-6-26)57-43(53-54-46(57)62)30-15-24(2)38(58)18-39(30)59/h5-8,15-18,28,35,58-59,64H,4,9-14,19-23H2,1-3H3,(H,52,63)(H,54,62)/t35?,49-/m0/s1. The molecule has 2 atom stereocenters. The number of likely N-dealkylation sites (tertiary alicyclic amines) is 1. The number of alkyl carbamates (subject to hydrolysis) is 1. The highest BCUT2D eigenvalue weighted by Crippen LogP contribution is 2.48. The van der Waals surface area contributed by atoms with Crippen LogP contribution in [0.4, 0.5) is 9.18 Å². The van der Waals surface area contributed by atoms with Gasteiger partial charge in [0.25, 0.3) is 5.56 Å². The number of carbonyl (C=O) groups is 2. The van der Waals surface area contributed by atoms with Crippen LogP contribution in [0.5, 0.6) is 11.5 Å². The topological polar surface area (TPSA) is 214 Å². The van der Waals surface area contributed by atoms with Crippen molar-refractivity contribution < 1.29 is 38.8 Å². The number of halogens is 1. The first-order valence-electron chi connectivity index (χ1n) is 22.5. The monoisotopic (exact) mass is 897 g/mol. The third-order valence-corrected chi connectivity index (χ3v) is 14.9. The molecule has 1 saturated heterocycles. The van der Waals surface area contributed by atoms with Crippen LogP contribution in [-0.4, -0.2) is 75.8 Å². The van der Waals surface area contributed by atoms with Crippen molar-refractivity contribution in [3.05, 3.63) is 120 Å². The second kappa shape index (κ2) is 15.1. The third-order valence-electron chi connectivity index (χ3n) is 14.9. The lowest BCUT2D eigenvalue weighted by molar-refractivity contribution is -0.172. The van der Waals surface area contributed by atoms with Gasteiger partial charge in [-0.15, -0.1) is 0 Å². The summed E-state index contributed by atoms with van der Waals surface area (Å²) in [5.41, 5.74) is 4.29. The molecule has 1 unspecified atom stereocenters. The number of benzene rings is 3. The molecule has 16 nitrogen and oxygen atoms in total. The molecular weight excluding hydrogens is 850 g/mol. The summed E-state index contributed by atoms with van der Waals surface area (Å²) in [6.45, 7) is 7.53. The summed E-state index contributed by atoms with van der Waals surface area (Å²) in [6, 6.07) is 13.0. The Morgan fingerprint density at radius 1 is 1.00 bits per heavy atom. The number of phenolic OH excluding ortho intramolecular Hbond substituents is 2. The zero-order chi connectivity index (χ0) is 46.0. The van der Waals surface area contributed by atoms with Gasteiger partial charge in [0, 0.05) is 48.3 Å². The van der Waals surface area contributed by atoms with Gasteiger partial charge < -0.3 is 34.7 Å². The molecule has 5 aliphatic rings. The maximum absolute atomic E-state index is 15.4. The number of aliphatic hydroxyl groups is 1. The minimum Gasteiger partial charge on any atom is -0.508 e. The predicted octanol–water partition coefficient (Wildman–Crippen LogP) is 5.95. The number of aromatic nitrogens is 5. The number of aryl methyl sites for hydroxylation is 2. The number of ether oxygens (including phenoxy) is 2. The van der Waals surface area contributed by atoms with Gasteiger partial charge in [0.1, 0.15) is 30.0 Å². The molecule has 3 aliphatic heterocycles. The fraction of sp³-hybridized carbons (Fsp3) is 0.388. The van der Waals surface area contributed by atoms with Crippen LogP contribution in [0.3, 0.4) is 0 Å². The van der Waals surface area contributed by atoms with E-state index in [4.69, 9.17) is 14.5 Å². The first-order valence-corrected chi connectivity index (χ1v) is 22.5. The van der Waals surface area contributed by atoms with Crippen molar-refractivity contribution in [3.63, 3.8) is 0 Å². The number of nitrogens with zero attached hydrogens (tertiary/aromatic N) is 5. The Bertz CT molecular complexity index is 3180. The number of hydrogen-bond acceptors (Lipinski definition) is 12. The Balaban J connectivity index is 0.755. The van der Waals surface area contributed by atoms with Gasteiger partial charge >= 0.3 is 17.8 Å². The molecule has 17 heteroatoms. The number of H-pyrrole nitrogens is 1. The number of amides is 1. The van der Waals surface area contributed by atoms with E-state index in [2.05, 4.69) is 20.4 Å². The zero-order valence-electron chi connectivity index (χ0n) is 36.7. The Hall–Kier alpha value is -6.85. The summed E-state index contributed by atoms with van der Waals surface area (Å²) in [7, 11) is 0. The first-order chi connectivity index (χ1) is 31.6. The lowest BCUT2D eigenvalue weighted by Gasteiger charge is -2.53. The predicted molar refractivity (Wildman–Crippen MR) is 238 cm³/mol. The van der Waals surface area contributed by atoms with E-state index in [-0.39, 0.29) is 59.5 Å². The number of phenols is 2. The highest BCUT2D eigenvalue weighted by atomic mass is 19.1. The first kappa shape index (κ1) is 41.8. The number of carbonyl (C=O) groups excluding carboxylic acids is 2. The van der Waals surface area contributed by atoms with Crippen LogP contribution in [0.25, 0.3) is 39.4 Å². The summed E-state index contributed by atoms with van der Waals surface area (Å²) in [4.78, 5) is 60.6. The smallest absolute Gasteiger partial charge is 0.407 e. The van der Waals surface area contributed by atoms with Gasteiger partial charge in [0.15, 0.2) is 11.4 Å². The largest absolute Gasteiger partial charge is 0.508 e. The van der Waals surface area contributed by atoms with Gasteiger partial charge in [0.2, 0.25) is 0 Å². The van der Waals surface area contributed by atoms with E-state index in [0.717, 1.165) is 73.0 Å². The minimum atomic E-state index is -1.99. The third kappa shape index (κ3) is 6.45. The summed E-state index contributed by atoms with van der Waals surface area (Å²) in [5.74, 6) is -1.23. The van der Waals surface area contributed by atoms with E-state index in [1.807, 2.05) is 24.3 Å². The molecule has 1 spiro atoms. The van der Waals surface area contributed by atoms with Crippen molar-refractivity contribution in [1.29, 1.82) is 0 Å². The van der Waals surface area contributed by atoms with Gasteiger partial charge in [-0.25, -0.2) is 33.4 Å². The van der Waals surface area contributed by atoms with E-state index in [0.29, 0.717) is 52.1 Å². The average molecular weight is 898 g/mol. The molecule has 2 fully saturated rings. The average Bonchev–Trinajstić information content (AvgIpc) is 3.86. The maximum Gasteiger partial charge on any atom is 0.407 e. The van der Waals surface area contributed by atoms with E-state index in [1.54, 1.807) is 37.5 Å². The van der Waals surface area contributed by atoms with Gasteiger partial charge in [-0.2, -0.15) is 5.10 Å². The van der Waals surface area contributed by atoms with Crippen molar-refractivity contribution in [3.8, 4) is 40.0 Å². The summed E-state index contributed by atoms with van der Waals surface area (Å²) >= 11 is 0. The molecule has 6 heterocycles. The number of hydrogen-bond donors (Lipinski definition) is 5. The van der Waals surface area contributed by atoms with Crippen LogP contribution < -0.4 is 16.6 Å². The second-order valence-corrected chi connectivity index (χ2v) is 18.8.